The second-order valence-corrected chi connectivity index (χ2v) is 5.97. The monoisotopic (exact) mass is 236 g/mol. The van der Waals surface area contributed by atoms with Crippen LogP contribution in [0.15, 0.2) is 0 Å². The summed E-state index contributed by atoms with van der Waals surface area (Å²) in [5, 5.41) is 3.22. The van der Waals surface area contributed by atoms with Gasteiger partial charge in [-0.1, -0.05) is 0 Å². The molecule has 0 bridgehead atoms. The third-order valence-corrected chi connectivity index (χ3v) is 4.43. The molecule has 6 heteroatoms. The Bertz CT molecular complexity index is 279. The van der Waals surface area contributed by atoms with E-state index in [1.165, 1.54) is 0 Å². The lowest BCUT2D eigenvalue weighted by molar-refractivity contribution is 0.171. The van der Waals surface area contributed by atoms with E-state index in [4.69, 9.17) is 4.74 Å². The molecule has 1 unspecified atom stereocenters. The first kappa shape index (κ1) is 12.9. The SMILES string of the molecule is COCC(C)NCCN1CCCS1(=O)=O. The third-order valence-electron chi connectivity index (χ3n) is 2.47. The van der Waals surface area contributed by atoms with Gasteiger partial charge in [-0.3, -0.25) is 0 Å². The van der Waals surface area contributed by atoms with E-state index in [0.29, 0.717) is 32.0 Å². The number of hydrogen-bond acceptors (Lipinski definition) is 4. The highest BCUT2D eigenvalue weighted by atomic mass is 32.2. The molecule has 1 N–H and O–H groups in total. The summed E-state index contributed by atoms with van der Waals surface area (Å²) in [6, 6.07) is 0.264. The number of methoxy groups -OCH3 is 1. The van der Waals surface area contributed by atoms with E-state index in [9.17, 15) is 8.42 Å². The molecule has 1 aliphatic heterocycles. The molecule has 0 amide bonds. The number of nitrogens with zero attached hydrogens (tertiary/aromatic N) is 1. The van der Waals surface area contributed by atoms with Crippen molar-refractivity contribution in [3.63, 3.8) is 0 Å². The maximum Gasteiger partial charge on any atom is 0.214 e. The second kappa shape index (κ2) is 5.79. The fourth-order valence-corrected chi connectivity index (χ4v) is 3.22. The molecule has 0 saturated carbocycles. The van der Waals surface area contributed by atoms with Crippen LogP contribution >= 0.6 is 0 Å². The van der Waals surface area contributed by atoms with Crippen molar-refractivity contribution in [2.75, 3.05) is 39.1 Å². The lowest BCUT2D eigenvalue weighted by Crippen LogP contribution is -2.38. The summed E-state index contributed by atoms with van der Waals surface area (Å²) in [7, 11) is -1.28. The van der Waals surface area contributed by atoms with Crippen LogP contribution in [0, 0.1) is 0 Å². The van der Waals surface area contributed by atoms with Gasteiger partial charge in [0.25, 0.3) is 0 Å². The van der Waals surface area contributed by atoms with Gasteiger partial charge in [0.05, 0.1) is 12.4 Å². The molecule has 1 fully saturated rings. The fourth-order valence-electron chi connectivity index (χ4n) is 1.69. The highest BCUT2D eigenvalue weighted by Crippen LogP contribution is 2.11. The zero-order chi connectivity index (χ0) is 11.3. The molecule has 1 heterocycles. The third kappa shape index (κ3) is 4.06. The Morgan fingerprint density at radius 2 is 2.27 bits per heavy atom. The molecule has 0 spiro atoms. The zero-order valence-electron chi connectivity index (χ0n) is 9.40. The summed E-state index contributed by atoms with van der Waals surface area (Å²) < 4.78 is 29.4. The van der Waals surface area contributed by atoms with Crippen molar-refractivity contribution in [2.24, 2.45) is 0 Å². The van der Waals surface area contributed by atoms with Gasteiger partial charge in [0, 0.05) is 32.8 Å². The summed E-state index contributed by atoms with van der Waals surface area (Å²) >= 11 is 0. The Labute approximate surface area is 91.8 Å². The highest BCUT2D eigenvalue weighted by Gasteiger charge is 2.27. The van der Waals surface area contributed by atoms with Crippen molar-refractivity contribution < 1.29 is 13.2 Å². The van der Waals surface area contributed by atoms with Crippen molar-refractivity contribution in [3.8, 4) is 0 Å². The van der Waals surface area contributed by atoms with Crippen LogP contribution in [-0.2, 0) is 14.8 Å². The van der Waals surface area contributed by atoms with Crippen LogP contribution in [-0.4, -0.2) is 57.9 Å². The Morgan fingerprint density at radius 1 is 1.53 bits per heavy atom. The van der Waals surface area contributed by atoms with Crippen molar-refractivity contribution in [1.29, 1.82) is 0 Å². The minimum Gasteiger partial charge on any atom is -0.383 e. The minimum atomic E-state index is -2.94. The molecule has 1 aliphatic rings. The van der Waals surface area contributed by atoms with Crippen LogP contribution in [0.5, 0.6) is 0 Å². The summed E-state index contributed by atoms with van der Waals surface area (Å²) in [4.78, 5) is 0. The summed E-state index contributed by atoms with van der Waals surface area (Å²) in [6.07, 6.45) is 0.760. The lowest BCUT2D eigenvalue weighted by Gasteiger charge is -2.17. The van der Waals surface area contributed by atoms with Crippen molar-refractivity contribution in [1.82, 2.24) is 9.62 Å². The molecule has 90 valence electrons. The van der Waals surface area contributed by atoms with Gasteiger partial charge >= 0.3 is 0 Å². The van der Waals surface area contributed by atoms with E-state index in [1.807, 2.05) is 6.92 Å². The average Bonchev–Trinajstić information content (AvgIpc) is 2.46. The summed E-state index contributed by atoms with van der Waals surface area (Å²) in [6.45, 7) is 4.58. The van der Waals surface area contributed by atoms with Gasteiger partial charge in [0.15, 0.2) is 0 Å². The first-order chi connectivity index (χ1) is 7.06. The molecular formula is C9H20N2O3S. The van der Waals surface area contributed by atoms with Crippen molar-refractivity contribution >= 4 is 10.0 Å². The number of sulfonamides is 1. The average molecular weight is 236 g/mol. The van der Waals surface area contributed by atoms with E-state index in [-0.39, 0.29) is 6.04 Å². The predicted molar refractivity (Wildman–Crippen MR) is 59.3 cm³/mol. The largest absolute Gasteiger partial charge is 0.383 e. The van der Waals surface area contributed by atoms with E-state index in [1.54, 1.807) is 11.4 Å². The molecule has 1 rings (SSSR count). The van der Waals surface area contributed by atoms with Crippen LogP contribution in [0.3, 0.4) is 0 Å². The Morgan fingerprint density at radius 3 is 2.80 bits per heavy atom. The van der Waals surface area contributed by atoms with E-state index in [2.05, 4.69) is 5.32 Å². The van der Waals surface area contributed by atoms with Crippen LogP contribution in [0.4, 0.5) is 0 Å². The molecule has 0 aromatic heterocycles. The summed E-state index contributed by atoms with van der Waals surface area (Å²) in [5.41, 5.74) is 0. The molecule has 0 aromatic rings. The lowest BCUT2D eigenvalue weighted by atomic mass is 10.3. The number of nitrogens with one attached hydrogen (secondary N) is 1. The van der Waals surface area contributed by atoms with Gasteiger partial charge in [-0.25, -0.2) is 12.7 Å². The standard InChI is InChI=1S/C9H20N2O3S/c1-9(8-14-2)10-4-6-11-5-3-7-15(11,12)13/h9-10H,3-8H2,1-2H3. The molecule has 0 aliphatic carbocycles. The van der Waals surface area contributed by atoms with Crippen LogP contribution < -0.4 is 5.32 Å². The number of ether oxygens (including phenoxy) is 1. The zero-order valence-corrected chi connectivity index (χ0v) is 10.2. The first-order valence-corrected chi connectivity index (χ1v) is 6.87. The molecular weight excluding hydrogens is 216 g/mol. The van der Waals surface area contributed by atoms with Crippen LogP contribution in [0.2, 0.25) is 0 Å². The van der Waals surface area contributed by atoms with Crippen molar-refractivity contribution in [2.45, 2.75) is 19.4 Å². The smallest absolute Gasteiger partial charge is 0.214 e. The normalized spacial score (nSPS) is 23.1. The second-order valence-electron chi connectivity index (χ2n) is 3.88. The van der Waals surface area contributed by atoms with E-state index >= 15 is 0 Å². The van der Waals surface area contributed by atoms with Gasteiger partial charge < -0.3 is 10.1 Å². The topological polar surface area (TPSA) is 58.6 Å². The molecule has 15 heavy (non-hydrogen) atoms. The fraction of sp³-hybridized carbons (Fsp3) is 1.00. The molecule has 0 aromatic carbocycles. The molecule has 0 radical (unpaired) electrons. The Balaban J connectivity index is 2.20. The van der Waals surface area contributed by atoms with E-state index in [0.717, 1.165) is 6.42 Å². The Hall–Kier alpha value is -0.170. The van der Waals surface area contributed by atoms with Crippen LogP contribution in [0.1, 0.15) is 13.3 Å². The minimum absolute atomic E-state index is 0.264. The Kier molecular flexibility index (Phi) is 4.98. The first-order valence-electron chi connectivity index (χ1n) is 5.26. The number of hydrogen-bond donors (Lipinski definition) is 1. The number of rotatable bonds is 6. The predicted octanol–water partition coefficient (Wildman–Crippen LogP) is -0.354. The summed E-state index contributed by atoms with van der Waals surface area (Å²) in [5.74, 6) is 0.306. The van der Waals surface area contributed by atoms with Crippen LogP contribution in [0.25, 0.3) is 0 Å². The van der Waals surface area contributed by atoms with Gasteiger partial charge in [-0.2, -0.15) is 0 Å². The van der Waals surface area contributed by atoms with Gasteiger partial charge in [-0.05, 0) is 13.3 Å². The molecule has 5 nitrogen and oxygen atoms in total. The van der Waals surface area contributed by atoms with Crippen molar-refractivity contribution in [3.05, 3.63) is 0 Å². The van der Waals surface area contributed by atoms with E-state index < -0.39 is 10.0 Å². The van der Waals surface area contributed by atoms with Gasteiger partial charge in [-0.15, -0.1) is 0 Å². The van der Waals surface area contributed by atoms with Gasteiger partial charge in [0.2, 0.25) is 10.0 Å². The molecule has 1 saturated heterocycles. The maximum atomic E-state index is 11.4. The molecule has 1 atom stereocenters. The van der Waals surface area contributed by atoms with Gasteiger partial charge in [0.1, 0.15) is 0 Å². The maximum absolute atomic E-state index is 11.4. The highest BCUT2D eigenvalue weighted by molar-refractivity contribution is 7.89. The quantitative estimate of drug-likeness (QED) is 0.684.